The van der Waals surface area contributed by atoms with Crippen LogP contribution in [0.15, 0.2) is 22.7 Å². The molecule has 100 valence electrons. The average Bonchev–Trinajstić information content (AvgIpc) is 2.33. The van der Waals surface area contributed by atoms with Gasteiger partial charge in [0.05, 0.1) is 0 Å². The Morgan fingerprint density at radius 1 is 1.11 bits per heavy atom. The van der Waals surface area contributed by atoms with Crippen molar-refractivity contribution in [2.24, 2.45) is 0 Å². The van der Waals surface area contributed by atoms with Gasteiger partial charge < -0.3 is 10.5 Å². The molecule has 2 aromatic rings. The van der Waals surface area contributed by atoms with Crippen LogP contribution in [0.2, 0.25) is 0 Å². The third-order valence-electron chi connectivity index (χ3n) is 2.55. The summed E-state index contributed by atoms with van der Waals surface area (Å²) < 4.78 is 32.8. The molecule has 0 atom stereocenters. The lowest BCUT2D eigenvalue weighted by Gasteiger charge is -2.10. The number of nitrogens with two attached hydrogens (primary N) is 1. The third kappa shape index (κ3) is 2.84. The van der Waals surface area contributed by atoms with Gasteiger partial charge in [0.15, 0.2) is 17.5 Å². The Labute approximate surface area is 117 Å². The molecule has 0 bridgehead atoms. The van der Waals surface area contributed by atoms with Crippen LogP contribution in [0.1, 0.15) is 11.1 Å². The zero-order valence-corrected chi connectivity index (χ0v) is 11.9. The van der Waals surface area contributed by atoms with Gasteiger partial charge in [-0.2, -0.15) is 4.98 Å². The number of hydrogen-bond acceptors (Lipinski definition) is 3. The zero-order valence-electron chi connectivity index (χ0n) is 10.3. The number of benzene rings is 1. The fourth-order valence-electron chi connectivity index (χ4n) is 1.61. The summed E-state index contributed by atoms with van der Waals surface area (Å²) in [6.07, 6.45) is 0. The predicted molar refractivity (Wildman–Crippen MR) is 72.3 cm³/mol. The number of pyridine rings is 1. The van der Waals surface area contributed by atoms with Gasteiger partial charge in [-0.1, -0.05) is 15.9 Å². The van der Waals surface area contributed by atoms with Crippen molar-refractivity contribution in [1.29, 1.82) is 0 Å². The summed E-state index contributed by atoms with van der Waals surface area (Å²) in [7, 11) is 0. The Balaban J connectivity index is 2.39. The molecule has 0 aliphatic rings. The number of nitrogens with zero attached hydrogens (tertiary/aromatic N) is 1. The number of ether oxygens (including phenoxy) is 1. The molecule has 2 N–H and O–H groups in total. The maximum atomic E-state index is 13.5. The Hall–Kier alpha value is -1.69. The largest absolute Gasteiger partial charge is 0.436 e. The van der Waals surface area contributed by atoms with Crippen molar-refractivity contribution in [1.82, 2.24) is 4.98 Å². The van der Waals surface area contributed by atoms with Crippen molar-refractivity contribution in [3.8, 4) is 11.6 Å². The van der Waals surface area contributed by atoms with Crippen LogP contribution in [0.4, 0.5) is 14.6 Å². The molecule has 0 amide bonds. The average molecular weight is 329 g/mol. The van der Waals surface area contributed by atoms with Gasteiger partial charge in [-0.05, 0) is 37.1 Å². The monoisotopic (exact) mass is 328 g/mol. The highest BCUT2D eigenvalue weighted by molar-refractivity contribution is 9.10. The number of halogens is 3. The standard InChI is InChI=1S/C13H11BrF2N2O/c1-6-3-8(4-7(2)11(6)14)19-13-10(16)5-9(15)12(17)18-13/h3-5H,1-2H3,(H2,17,18). The van der Waals surface area contributed by atoms with Crippen LogP contribution >= 0.6 is 15.9 Å². The fraction of sp³-hybridized carbons (Fsp3) is 0.154. The summed E-state index contributed by atoms with van der Waals surface area (Å²) in [5, 5.41) is 0. The molecule has 3 nitrogen and oxygen atoms in total. The van der Waals surface area contributed by atoms with Gasteiger partial charge in [0, 0.05) is 10.5 Å². The number of aromatic nitrogens is 1. The minimum Gasteiger partial charge on any atom is -0.436 e. The highest BCUT2D eigenvalue weighted by atomic mass is 79.9. The van der Waals surface area contributed by atoms with Crippen molar-refractivity contribution in [3.05, 3.63) is 45.4 Å². The van der Waals surface area contributed by atoms with E-state index < -0.39 is 17.5 Å². The lowest BCUT2D eigenvalue weighted by molar-refractivity contribution is 0.418. The molecule has 0 radical (unpaired) electrons. The first-order valence-corrected chi connectivity index (χ1v) is 6.24. The summed E-state index contributed by atoms with van der Waals surface area (Å²) in [4.78, 5) is 3.54. The Morgan fingerprint density at radius 2 is 1.68 bits per heavy atom. The maximum absolute atomic E-state index is 13.5. The molecule has 1 heterocycles. The van der Waals surface area contributed by atoms with E-state index >= 15 is 0 Å². The number of hydrogen-bond donors (Lipinski definition) is 1. The number of rotatable bonds is 2. The van der Waals surface area contributed by atoms with E-state index in [1.807, 2.05) is 13.8 Å². The fourth-order valence-corrected chi connectivity index (χ4v) is 1.84. The van der Waals surface area contributed by atoms with E-state index in [0.29, 0.717) is 11.8 Å². The van der Waals surface area contributed by atoms with Gasteiger partial charge in [-0.25, -0.2) is 8.78 Å². The van der Waals surface area contributed by atoms with E-state index in [1.165, 1.54) is 0 Å². The van der Waals surface area contributed by atoms with Crippen LogP contribution in [-0.2, 0) is 0 Å². The smallest absolute Gasteiger partial charge is 0.258 e. The minimum atomic E-state index is -0.909. The second-order valence-electron chi connectivity index (χ2n) is 4.12. The first kappa shape index (κ1) is 13.7. The highest BCUT2D eigenvalue weighted by Crippen LogP contribution is 2.30. The van der Waals surface area contributed by atoms with E-state index in [-0.39, 0.29) is 5.88 Å². The molecule has 0 spiro atoms. The van der Waals surface area contributed by atoms with E-state index in [0.717, 1.165) is 15.6 Å². The molecule has 0 saturated carbocycles. The second-order valence-corrected chi connectivity index (χ2v) is 4.91. The van der Waals surface area contributed by atoms with E-state index in [4.69, 9.17) is 10.5 Å². The molecule has 0 fully saturated rings. The topological polar surface area (TPSA) is 48.1 Å². The van der Waals surface area contributed by atoms with Crippen LogP contribution < -0.4 is 10.5 Å². The van der Waals surface area contributed by atoms with Crippen molar-refractivity contribution in [2.45, 2.75) is 13.8 Å². The molecule has 0 unspecified atom stereocenters. The molecule has 0 aliphatic carbocycles. The van der Waals surface area contributed by atoms with Crippen LogP contribution in [0.25, 0.3) is 0 Å². The van der Waals surface area contributed by atoms with E-state index in [1.54, 1.807) is 12.1 Å². The summed E-state index contributed by atoms with van der Waals surface area (Å²) in [5.41, 5.74) is 7.16. The lowest BCUT2D eigenvalue weighted by atomic mass is 10.1. The molecule has 6 heteroatoms. The van der Waals surface area contributed by atoms with Crippen LogP contribution in [0, 0.1) is 25.5 Å². The molecular weight excluding hydrogens is 318 g/mol. The van der Waals surface area contributed by atoms with Gasteiger partial charge in [0.25, 0.3) is 5.88 Å². The summed E-state index contributed by atoms with van der Waals surface area (Å²) in [5.74, 6) is -2.14. The van der Waals surface area contributed by atoms with Gasteiger partial charge in [-0.3, -0.25) is 0 Å². The quantitative estimate of drug-likeness (QED) is 0.902. The molecule has 2 rings (SSSR count). The predicted octanol–water partition coefficient (Wildman–Crippen LogP) is 4.11. The Bertz CT molecular complexity index is 624. The van der Waals surface area contributed by atoms with Crippen molar-refractivity contribution < 1.29 is 13.5 Å². The molecule has 19 heavy (non-hydrogen) atoms. The van der Waals surface area contributed by atoms with Gasteiger partial charge in [-0.15, -0.1) is 0 Å². The van der Waals surface area contributed by atoms with Gasteiger partial charge >= 0.3 is 0 Å². The van der Waals surface area contributed by atoms with Gasteiger partial charge in [0.1, 0.15) is 5.75 Å². The van der Waals surface area contributed by atoms with Crippen molar-refractivity contribution >= 4 is 21.7 Å². The van der Waals surface area contributed by atoms with Crippen molar-refractivity contribution in [3.63, 3.8) is 0 Å². The second kappa shape index (κ2) is 5.13. The van der Waals surface area contributed by atoms with Crippen LogP contribution in [0.3, 0.4) is 0 Å². The summed E-state index contributed by atoms with van der Waals surface area (Å²) >= 11 is 3.42. The molecule has 0 aliphatic heterocycles. The SMILES string of the molecule is Cc1cc(Oc2nc(N)c(F)cc2F)cc(C)c1Br. The molecule has 0 saturated heterocycles. The normalized spacial score (nSPS) is 10.6. The minimum absolute atomic E-state index is 0.347. The van der Waals surface area contributed by atoms with E-state index in [2.05, 4.69) is 20.9 Å². The lowest BCUT2D eigenvalue weighted by Crippen LogP contribution is -2.00. The first-order valence-electron chi connectivity index (χ1n) is 5.44. The van der Waals surface area contributed by atoms with Crippen molar-refractivity contribution in [2.75, 3.05) is 5.73 Å². The summed E-state index contributed by atoms with van der Waals surface area (Å²) in [6, 6.07) is 4.09. The highest BCUT2D eigenvalue weighted by Gasteiger charge is 2.13. The van der Waals surface area contributed by atoms with E-state index in [9.17, 15) is 8.78 Å². The Kier molecular flexibility index (Phi) is 3.71. The first-order chi connectivity index (χ1) is 8.88. The molecule has 1 aromatic heterocycles. The molecular formula is C13H11BrF2N2O. The molecule has 1 aromatic carbocycles. The number of nitrogen functional groups attached to an aromatic ring is 1. The zero-order chi connectivity index (χ0) is 14.2. The van der Waals surface area contributed by atoms with Crippen LogP contribution in [-0.4, -0.2) is 4.98 Å². The van der Waals surface area contributed by atoms with Gasteiger partial charge in [0.2, 0.25) is 0 Å². The summed E-state index contributed by atoms with van der Waals surface area (Å²) in [6.45, 7) is 3.76. The maximum Gasteiger partial charge on any atom is 0.258 e. The van der Waals surface area contributed by atoms with Crippen LogP contribution in [0.5, 0.6) is 11.6 Å². The number of aryl methyl sites for hydroxylation is 2. The Morgan fingerprint density at radius 3 is 2.26 bits per heavy atom. The third-order valence-corrected chi connectivity index (χ3v) is 3.80. The number of anilines is 1.